The highest BCUT2D eigenvalue weighted by Gasteiger charge is 2.23. The molecule has 0 saturated carbocycles. The molecule has 6 heteroatoms. The van der Waals surface area contributed by atoms with Crippen LogP contribution in [0.1, 0.15) is 44.4 Å². The van der Waals surface area contributed by atoms with Crippen molar-refractivity contribution in [2.24, 2.45) is 5.11 Å². The van der Waals surface area contributed by atoms with E-state index in [0.29, 0.717) is 0 Å². The second kappa shape index (κ2) is 6.61. The average Bonchev–Trinajstić information content (AvgIpc) is 2.37. The van der Waals surface area contributed by atoms with Crippen molar-refractivity contribution < 1.29 is 15.3 Å². The summed E-state index contributed by atoms with van der Waals surface area (Å²) in [5.41, 5.74) is 9.29. The molecule has 0 bridgehead atoms. The minimum Gasteiger partial charge on any atom is -0.508 e. The molecule has 2 atom stereocenters. The van der Waals surface area contributed by atoms with Gasteiger partial charge in [-0.15, -0.1) is 0 Å². The van der Waals surface area contributed by atoms with Gasteiger partial charge in [-0.2, -0.15) is 0 Å². The first-order valence-electron chi connectivity index (χ1n) is 6.47. The van der Waals surface area contributed by atoms with Crippen LogP contribution >= 0.6 is 0 Å². The highest BCUT2D eigenvalue weighted by Crippen LogP contribution is 2.32. The molecule has 110 valence electrons. The predicted octanol–water partition coefficient (Wildman–Crippen LogP) is 2.78. The molecule has 2 unspecified atom stereocenters. The zero-order chi connectivity index (χ0) is 15.3. The molecule has 1 rings (SSSR count). The number of hydrogen-bond acceptors (Lipinski definition) is 4. The minimum absolute atomic E-state index is 0.0617. The van der Waals surface area contributed by atoms with E-state index in [2.05, 4.69) is 10.0 Å². The molecule has 0 aromatic heterocycles. The fourth-order valence-electron chi connectivity index (χ4n) is 1.86. The molecule has 3 N–H and O–H groups in total. The van der Waals surface area contributed by atoms with Gasteiger partial charge in [0.1, 0.15) is 11.9 Å². The molecule has 0 saturated heterocycles. The van der Waals surface area contributed by atoms with E-state index < -0.39 is 12.2 Å². The third kappa shape index (κ3) is 4.13. The first-order valence-corrected chi connectivity index (χ1v) is 6.47. The number of benzene rings is 1. The van der Waals surface area contributed by atoms with Crippen molar-refractivity contribution in [1.82, 2.24) is 0 Å². The fraction of sp³-hybridized carbons (Fsp3) is 0.571. The summed E-state index contributed by atoms with van der Waals surface area (Å²) in [6.45, 7) is 6.16. The molecule has 0 radical (unpaired) electrons. The van der Waals surface area contributed by atoms with E-state index in [1.807, 2.05) is 20.8 Å². The molecule has 0 heterocycles. The molecule has 1 aromatic carbocycles. The zero-order valence-electron chi connectivity index (χ0n) is 12.0. The molecular weight excluding hydrogens is 258 g/mol. The van der Waals surface area contributed by atoms with Gasteiger partial charge in [-0.25, -0.2) is 0 Å². The van der Waals surface area contributed by atoms with Crippen molar-refractivity contribution in [2.75, 3.05) is 6.54 Å². The highest BCUT2D eigenvalue weighted by molar-refractivity contribution is 5.40. The Balaban J connectivity index is 2.96. The highest BCUT2D eigenvalue weighted by atomic mass is 16.3. The van der Waals surface area contributed by atoms with Crippen LogP contribution in [0, 0.1) is 0 Å². The quantitative estimate of drug-likeness (QED) is 0.438. The van der Waals surface area contributed by atoms with Gasteiger partial charge < -0.3 is 15.3 Å². The summed E-state index contributed by atoms with van der Waals surface area (Å²) >= 11 is 0. The van der Waals surface area contributed by atoms with Gasteiger partial charge >= 0.3 is 0 Å². The largest absolute Gasteiger partial charge is 0.508 e. The van der Waals surface area contributed by atoms with Gasteiger partial charge in [-0.05, 0) is 35.1 Å². The summed E-state index contributed by atoms with van der Waals surface area (Å²) in [6, 6.07) is 4.99. The lowest BCUT2D eigenvalue weighted by Gasteiger charge is -2.23. The molecule has 0 spiro atoms. The van der Waals surface area contributed by atoms with Gasteiger partial charge in [-0.3, -0.25) is 0 Å². The molecule has 0 aliphatic rings. The first-order chi connectivity index (χ1) is 9.27. The number of azide groups is 1. The van der Waals surface area contributed by atoms with Gasteiger partial charge in [0.2, 0.25) is 0 Å². The van der Waals surface area contributed by atoms with Gasteiger partial charge in [0.15, 0.2) is 0 Å². The first kappa shape index (κ1) is 16.3. The van der Waals surface area contributed by atoms with Crippen LogP contribution in [0.3, 0.4) is 0 Å². The Morgan fingerprint density at radius 3 is 2.50 bits per heavy atom. The van der Waals surface area contributed by atoms with Gasteiger partial charge in [0.05, 0.1) is 6.10 Å². The van der Waals surface area contributed by atoms with Crippen molar-refractivity contribution in [3.05, 3.63) is 39.8 Å². The fourth-order valence-corrected chi connectivity index (χ4v) is 1.86. The number of aliphatic hydroxyl groups is 2. The van der Waals surface area contributed by atoms with Crippen LogP contribution in [0.2, 0.25) is 0 Å². The number of nitrogens with zero attached hydrogens (tertiary/aromatic N) is 3. The number of aromatic hydroxyl groups is 1. The topological polar surface area (TPSA) is 109 Å². The van der Waals surface area contributed by atoms with E-state index in [9.17, 15) is 15.3 Å². The van der Waals surface area contributed by atoms with Gasteiger partial charge in [-0.1, -0.05) is 32.0 Å². The third-order valence-corrected chi connectivity index (χ3v) is 3.16. The standard InChI is InChI=1S/C14H21N3O3/c1-14(2,3)9-4-5-11(18)10(8-9)13(20)12(19)6-7-16-17-15/h4-5,8,12-13,18-20H,6-7H2,1-3H3. The second-order valence-corrected chi connectivity index (χ2v) is 5.78. The Morgan fingerprint density at radius 2 is 1.95 bits per heavy atom. The molecule has 20 heavy (non-hydrogen) atoms. The number of hydrogen-bond donors (Lipinski definition) is 3. The van der Waals surface area contributed by atoms with Crippen molar-refractivity contribution >= 4 is 0 Å². The Hall–Kier alpha value is -1.75. The normalized spacial score (nSPS) is 14.4. The van der Waals surface area contributed by atoms with E-state index >= 15 is 0 Å². The SMILES string of the molecule is CC(C)(C)c1ccc(O)c(C(O)C(O)CCN=[N+]=[N-])c1. The summed E-state index contributed by atoms with van der Waals surface area (Å²) in [4.78, 5) is 2.59. The number of phenolic OH excluding ortho intramolecular Hbond substituents is 1. The van der Waals surface area contributed by atoms with E-state index in [0.717, 1.165) is 5.56 Å². The van der Waals surface area contributed by atoms with Crippen LogP contribution in [0.5, 0.6) is 5.75 Å². The molecule has 6 nitrogen and oxygen atoms in total. The predicted molar refractivity (Wildman–Crippen MR) is 76.4 cm³/mol. The summed E-state index contributed by atoms with van der Waals surface area (Å²) in [7, 11) is 0. The van der Waals surface area contributed by atoms with Gasteiger partial charge in [0, 0.05) is 17.0 Å². The summed E-state index contributed by atoms with van der Waals surface area (Å²) < 4.78 is 0. The Morgan fingerprint density at radius 1 is 1.30 bits per heavy atom. The minimum atomic E-state index is -1.22. The van der Waals surface area contributed by atoms with Crippen LogP contribution in [-0.4, -0.2) is 28.0 Å². The second-order valence-electron chi connectivity index (χ2n) is 5.78. The molecule has 0 aliphatic heterocycles. The van der Waals surface area contributed by atoms with E-state index in [1.165, 1.54) is 6.07 Å². The van der Waals surface area contributed by atoms with E-state index in [-0.39, 0.29) is 29.7 Å². The maximum Gasteiger partial charge on any atom is 0.121 e. The zero-order valence-corrected chi connectivity index (χ0v) is 12.0. The smallest absolute Gasteiger partial charge is 0.121 e. The van der Waals surface area contributed by atoms with Crippen LogP contribution in [0.15, 0.2) is 23.3 Å². The van der Waals surface area contributed by atoms with Crippen molar-refractivity contribution in [1.29, 1.82) is 0 Å². The maximum atomic E-state index is 10.1. The van der Waals surface area contributed by atoms with Crippen LogP contribution in [0.25, 0.3) is 10.4 Å². The Labute approximate surface area is 118 Å². The monoisotopic (exact) mass is 279 g/mol. The molecule has 0 fully saturated rings. The van der Waals surface area contributed by atoms with E-state index in [4.69, 9.17) is 5.53 Å². The lowest BCUT2D eigenvalue weighted by atomic mass is 9.85. The molecular formula is C14H21N3O3. The van der Waals surface area contributed by atoms with Gasteiger partial charge in [0.25, 0.3) is 0 Å². The summed E-state index contributed by atoms with van der Waals surface area (Å²) in [5, 5.41) is 33.1. The lowest BCUT2D eigenvalue weighted by molar-refractivity contribution is 0.0136. The third-order valence-electron chi connectivity index (χ3n) is 3.16. The lowest BCUT2D eigenvalue weighted by Crippen LogP contribution is -2.20. The van der Waals surface area contributed by atoms with Crippen LogP contribution in [0.4, 0.5) is 0 Å². The number of aliphatic hydroxyl groups excluding tert-OH is 2. The summed E-state index contributed by atoms with van der Waals surface area (Å²) in [5.74, 6) is -0.0617. The summed E-state index contributed by atoms with van der Waals surface area (Å²) in [6.07, 6.45) is -2.18. The van der Waals surface area contributed by atoms with Crippen molar-refractivity contribution in [3.8, 4) is 5.75 Å². The van der Waals surface area contributed by atoms with Crippen LogP contribution in [-0.2, 0) is 5.41 Å². The molecule has 0 amide bonds. The van der Waals surface area contributed by atoms with Crippen molar-refractivity contribution in [3.63, 3.8) is 0 Å². The van der Waals surface area contributed by atoms with E-state index in [1.54, 1.807) is 12.1 Å². The van der Waals surface area contributed by atoms with Crippen molar-refractivity contribution in [2.45, 2.75) is 44.8 Å². The number of phenols is 1. The maximum absolute atomic E-state index is 10.1. The Kier molecular flexibility index (Phi) is 5.39. The Bertz CT molecular complexity index is 505. The van der Waals surface area contributed by atoms with Crippen LogP contribution < -0.4 is 0 Å². The molecule has 0 aliphatic carbocycles. The number of rotatable bonds is 5. The molecule has 1 aromatic rings. The average molecular weight is 279 g/mol.